The number of carbonyl (C=O) groups excluding carboxylic acids is 1. The number of carbonyl (C=O) groups is 1. The van der Waals surface area contributed by atoms with Crippen LogP contribution in [0.5, 0.6) is 5.75 Å². The van der Waals surface area contributed by atoms with Crippen LogP contribution in [0, 0.1) is 10.5 Å². The minimum absolute atomic E-state index is 0.0710. The van der Waals surface area contributed by atoms with E-state index in [1.54, 1.807) is 17.0 Å². The van der Waals surface area contributed by atoms with Crippen LogP contribution in [0.1, 0.15) is 22.3 Å². The lowest BCUT2D eigenvalue weighted by Crippen LogP contribution is -2.27. The third kappa shape index (κ3) is 6.11. The van der Waals surface area contributed by atoms with Crippen LogP contribution in [0.25, 0.3) is 6.08 Å². The maximum atomic E-state index is 13.0. The van der Waals surface area contributed by atoms with Gasteiger partial charge in [0.2, 0.25) is 0 Å². The summed E-state index contributed by atoms with van der Waals surface area (Å²) in [5.74, 6) is 0.670. The van der Waals surface area contributed by atoms with Crippen molar-refractivity contribution < 1.29 is 9.53 Å². The second-order valence-corrected chi connectivity index (χ2v) is 11.1. The first-order valence-electron chi connectivity index (χ1n) is 9.97. The fourth-order valence-electron chi connectivity index (χ4n) is 3.18. The lowest BCUT2D eigenvalue weighted by atomic mass is 10.1. The predicted octanol–water partition coefficient (Wildman–Crippen LogP) is 7.89. The standard InChI is InChI=1S/C25H18Cl2INO2S2/c1-15-2-4-16(5-3-15)13-29-24(30)23(33-25(29)32)11-17-6-9-22(21(28)10-17)31-14-18-7-8-19(26)12-20(18)27/h2-12H,13-14H2,1H3/b23-11-. The minimum atomic E-state index is -0.0710. The fraction of sp³-hybridized carbons (Fsp3) is 0.120. The lowest BCUT2D eigenvalue weighted by Gasteiger charge is -2.14. The van der Waals surface area contributed by atoms with Crippen LogP contribution in [0.15, 0.2) is 65.6 Å². The predicted molar refractivity (Wildman–Crippen MR) is 150 cm³/mol. The number of hydrogen-bond donors (Lipinski definition) is 0. The Morgan fingerprint density at radius 3 is 2.55 bits per heavy atom. The molecule has 0 saturated carbocycles. The molecule has 1 aliphatic rings. The molecule has 1 heterocycles. The van der Waals surface area contributed by atoms with Crippen LogP contribution in [0.2, 0.25) is 10.0 Å². The van der Waals surface area contributed by atoms with Gasteiger partial charge >= 0.3 is 0 Å². The fourth-order valence-corrected chi connectivity index (χ4v) is 5.60. The van der Waals surface area contributed by atoms with Crippen molar-refractivity contribution in [2.24, 2.45) is 0 Å². The summed E-state index contributed by atoms with van der Waals surface area (Å²) in [6, 6.07) is 19.3. The number of hydrogen-bond acceptors (Lipinski definition) is 4. The Labute approximate surface area is 226 Å². The van der Waals surface area contributed by atoms with Crippen molar-refractivity contribution in [3.8, 4) is 5.75 Å². The number of benzene rings is 3. The Morgan fingerprint density at radius 2 is 1.85 bits per heavy atom. The zero-order valence-electron chi connectivity index (χ0n) is 17.5. The van der Waals surface area contributed by atoms with E-state index in [1.807, 2.05) is 61.5 Å². The van der Waals surface area contributed by atoms with Gasteiger partial charge in [0, 0.05) is 15.6 Å². The lowest BCUT2D eigenvalue weighted by molar-refractivity contribution is -0.122. The quantitative estimate of drug-likeness (QED) is 0.158. The van der Waals surface area contributed by atoms with Crippen molar-refractivity contribution in [2.75, 3.05) is 0 Å². The van der Waals surface area contributed by atoms with Crippen LogP contribution in [-0.4, -0.2) is 15.1 Å². The van der Waals surface area contributed by atoms with Gasteiger partial charge < -0.3 is 4.74 Å². The zero-order chi connectivity index (χ0) is 23.5. The number of thioether (sulfide) groups is 1. The number of nitrogens with zero attached hydrogens (tertiary/aromatic N) is 1. The molecular formula is C25H18Cl2INO2S2. The van der Waals surface area contributed by atoms with Crippen LogP contribution in [0.3, 0.4) is 0 Å². The summed E-state index contributed by atoms with van der Waals surface area (Å²) in [5.41, 5.74) is 4.00. The van der Waals surface area contributed by atoms with Gasteiger partial charge in [-0.05, 0) is 71.0 Å². The van der Waals surface area contributed by atoms with E-state index in [9.17, 15) is 4.79 Å². The van der Waals surface area contributed by atoms with Gasteiger partial charge in [0.05, 0.1) is 15.0 Å². The Kier molecular flexibility index (Phi) is 8.02. The van der Waals surface area contributed by atoms with Crippen LogP contribution in [0.4, 0.5) is 0 Å². The molecule has 1 saturated heterocycles. The van der Waals surface area contributed by atoms with Crippen molar-refractivity contribution in [3.63, 3.8) is 0 Å². The number of amides is 1. The van der Waals surface area contributed by atoms with Crippen molar-refractivity contribution in [1.29, 1.82) is 0 Å². The molecule has 3 aromatic rings. The van der Waals surface area contributed by atoms with E-state index < -0.39 is 0 Å². The maximum absolute atomic E-state index is 13.0. The molecule has 4 rings (SSSR count). The number of halogens is 3. The average molecular weight is 626 g/mol. The molecule has 1 fully saturated rings. The van der Waals surface area contributed by atoms with E-state index in [0.717, 1.165) is 26.0 Å². The van der Waals surface area contributed by atoms with Crippen LogP contribution < -0.4 is 4.74 Å². The van der Waals surface area contributed by atoms with Gasteiger partial charge in [-0.15, -0.1) is 0 Å². The van der Waals surface area contributed by atoms with Gasteiger partial charge in [-0.2, -0.15) is 0 Å². The average Bonchev–Trinajstić information content (AvgIpc) is 3.03. The van der Waals surface area contributed by atoms with Crippen LogP contribution >= 0.6 is 69.8 Å². The van der Waals surface area contributed by atoms with Crippen LogP contribution in [-0.2, 0) is 17.9 Å². The summed E-state index contributed by atoms with van der Waals surface area (Å²) < 4.78 is 7.44. The number of thiocarbonyl (C=S) groups is 1. The molecule has 1 aliphatic heterocycles. The summed E-state index contributed by atoms with van der Waals surface area (Å²) in [6.45, 7) is 2.85. The molecule has 168 valence electrons. The minimum Gasteiger partial charge on any atom is -0.488 e. The third-order valence-corrected chi connectivity index (χ3v) is 7.79. The van der Waals surface area contributed by atoms with E-state index in [-0.39, 0.29) is 5.91 Å². The van der Waals surface area contributed by atoms with Crippen molar-refractivity contribution in [2.45, 2.75) is 20.1 Å². The molecule has 3 aromatic carbocycles. The van der Waals surface area contributed by atoms with E-state index in [4.69, 9.17) is 40.2 Å². The van der Waals surface area contributed by atoms with Crippen molar-refractivity contribution in [1.82, 2.24) is 4.90 Å². The molecule has 33 heavy (non-hydrogen) atoms. The van der Waals surface area contributed by atoms with Crippen molar-refractivity contribution in [3.05, 3.63) is 101 Å². The molecule has 3 nitrogen and oxygen atoms in total. The normalized spacial score (nSPS) is 14.9. The van der Waals surface area contributed by atoms with Gasteiger partial charge in [-0.25, -0.2) is 0 Å². The smallest absolute Gasteiger partial charge is 0.266 e. The van der Waals surface area contributed by atoms with E-state index in [1.165, 1.54) is 17.3 Å². The molecule has 0 bridgehead atoms. The zero-order valence-corrected chi connectivity index (χ0v) is 22.8. The number of rotatable bonds is 6. The topological polar surface area (TPSA) is 29.5 Å². The summed E-state index contributed by atoms with van der Waals surface area (Å²) in [6.07, 6.45) is 1.87. The van der Waals surface area contributed by atoms with Crippen molar-refractivity contribution >= 4 is 86.1 Å². The molecule has 8 heteroatoms. The van der Waals surface area contributed by atoms with E-state index in [0.29, 0.717) is 32.4 Å². The molecule has 0 aromatic heterocycles. The number of aryl methyl sites for hydroxylation is 1. The first kappa shape index (κ1) is 24.5. The highest BCUT2D eigenvalue weighted by Gasteiger charge is 2.32. The highest BCUT2D eigenvalue weighted by Crippen LogP contribution is 2.34. The molecule has 0 unspecified atom stereocenters. The van der Waals surface area contributed by atoms with E-state index in [2.05, 4.69) is 22.6 Å². The highest BCUT2D eigenvalue weighted by atomic mass is 127. The molecule has 1 amide bonds. The first-order valence-corrected chi connectivity index (χ1v) is 13.0. The molecule has 0 N–H and O–H groups in total. The van der Waals surface area contributed by atoms with Gasteiger partial charge in [0.15, 0.2) is 0 Å². The SMILES string of the molecule is Cc1ccc(CN2C(=O)/C(=C/c3ccc(OCc4ccc(Cl)cc4Cl)c(I)c3)SC2=S)cc1. The summed E-state index contributed by atoms with van der Waals surface area (Å²) in [5, 5.41) is 1.16. The summed E-state index contributed by atoms with van der Waals surface area (Å²) in [7, 11) is 0. The summed E-state index contributed by atoms with van der Waals surface area (Å²) >= 11 is 21.2. The molecule has 0 atom stereocenters. The van der Waals surface area contributed by atoms with Gasteiger partial charge in [0.1, 0.15) is 16.7 Å². The number of ether oxygens (including phenoxy) is 1. The second-order valence-electron chi connectivity index (χ2n) is 7.47. The summed E-state index contributed by atoms with van der Waals surface area (Å²) in [4.78, 5) is 15.2. The van der Waals surface area contributed by atoms with Gasteiger partial charge in [0.25, 0.3) is 5.91 Å². The Hall–Kier alpha value is -1.58. The monoisotopic (exact) mass is 625 g/mol. The largest absolute Gasteiger partial charge is 0.488 e. The second kappa shape index (κ2) is 10.8. The molecule has 0 aliphatic carbocycles. The third-order valence-electron chi connectivity index (χ3n) is 4.99. The van der Waals surface area contributed by atoms with E-state index >= 15 is 0 Å². The highest BCUT2D eigenvalue weighted by molar-refractivity contribution is 14.1. The van der Waals surface area contributed by atoms with Gasteiger partial charge in [-0.1, -0.05) is 89.1 Å². The Bertz CT molecular complexity index is 1260. The van der Waals surface area contributed by atoms with Gasteiger partial charge in [-0.3, -0.25) is 9.69 Å². The molecule has 0 radical (unpaired) electrons. The first-order chi connectivity index (χ1) is 15.8. The maximum Gasteiger partial charge on any atom is 0.266 e. The Morgan fingerprint density at radius 1 is 1.09 bits per heavy atom. The Balaban J connectivity index is 1.45. The molecule has 0 spiro atoms. The molecular weight excluding hydrogens is 608 g/mol.